The summed E-state index contributed by atoms with van der Waals surface area (Å²) in [6.07, 6.45) is 1.36. The number of nitrogens with zero attached hydrogens (tertiary/aromatic N) is 1. The molecule has 2 N–H and O–H groups in total. The van der Waals surface area contributed by atoms with Crippen LogP contribution in [0.3, 0.4) is 0 Å². The zero-order valence-electron chi connectivity index (χ0n) is 13.5. The van der Waals surface area contributed by atoms with Crippen LogP contribution in [-0.2, 0) is 6.54 Å². The highest BCUT2D eigenvalue weighted by Gasteiger charge is 2.07. The third-order valence-corrected chi connectivity index (χ3v) is 3.58. The van der Waals surface area contributed by atoms with Gasteiger partial charge in [-0.3, -0.25) is 4.79 Å². The van der Waals surface area contributed by atoms with Gasteiger partial charge in [0.25, 0.3) is 5.91 Å². The molecule has 3 rings (SSSR count). The molecular weight excluding hydrogens is 343 g/mol. The second-order valence-corrected chi connectivity index (χ2v) is 5.50. The molecule has 0 saturated carbocycles. The molecule has 0 radical (unpaired) electrons. The van der Waals surface area contributed by atoms with Crippen molar-refractivity contribution in [2.75, 3.05) is 5.32 Å². The number of halogens is 3. The first-order valence-electron chi connectivity index (χ1n) is 7.72. The van der Waals surface area contributed by atoms with E-state index >= 15 is 0 Å². The zero-order chi connectivity index (χ0) is 18.5. The van der Waals surface area contributed by atoms with Crippen LogP contribution < -0.4 is 10.6 Å². The van der Waals surface area contributed by atoms with Gasteiger partial charge in [0.2, 0.25) is 0 Å². The summed E-state index contributed by atoms with van der Waals surface area (Å²) in [5, 5.41) is 5.52. The monoisotopic (exact) mass is 357 g/mol. The average molecular weight is 357 g/mol. The Labute approximate surface area is 147 Å². The van der Waals surface area contributed by atoms with Crippen molar-refractivity contribution in [2.24, 2.45) is 0 Å². The molecule has 1 heterocycles. The summed E-state index contributed by atoms with van der Waals surface area (Å²) in [5.74, 6) is -2.19. The van der Waals surface area contributed by atoms with Crippen molar-refractivity contribution in [3.05, 3.63) is 89.4 Å². The first-order chi connectivity index (χ1) is 12.5. The number of aromatic nitrogens is 1. The SMILES string of the molecule is O=C(NCc1ccc(F)cc1)c1ccc(Nc2ccc(F)c(F)c2)nc1. The van der Waals surface area contributed by atoms with Gasteiger partial charge in [-0.1, -0.05) is 12.1 Å². The number of pyridine rings is 1. The topological polar surface area (TPSA) is 54.0 Å². The Morgan fingerprint density at radius 1 is 0.923 bits per heavy atom. The van der Waals surface area contributed by atoms with Gasteiger partial charge in [0, 0.05) is 24.5 Å². The highest BCUT2D eigenvalue weighted by atomic mass is 19.2. The van der Waals surface area contributed by atoms with Crippen LogP contribution in [0.25, 0.3) is 0 Å². The second-order valence-electron chi connectivity index (χ2n) is 5.50. The minimum atomic E-state index is -0.966. The number of anilines is 2. The molecule has 2 aromatic carbocycles. The Morgan fingerprint density at radius 3 is 2.35 bits per heavy atom. The molecule has 132 valence electrons. The number of amides is 1. The summed E-state index contributed by atoms with van der Waals surface area (Å²) < 4.78 is 38.9. The summed E-state index contributed by atoms with van der Waals surface area (Å²) in [6, 6.07) is 12.3. The van der Waals surface area contributed by atoms with Gasteiger partial charge in [-0.15, -0.1) is 0 Å². The van der Waals surface area contributed by atoms with E-state index in [1.807, 2.05) is 0 Å². The van der Waals surface area contributed by atoms with Crippen LogP contribution in [0.15, 0.2) is 60.8 Å². The van der Waals surface area contributed by atoms with Gasteiger partial charge in [0.05, 0.1) is 5.56 Å². The smallest absolute Gasteiger partial charge is 0.253 e. The van der Waals surface area contributed by atoms with E-state index < -0.39 is 11.6 Å². The number of hydrogen-bond donors (Lipinski definition) is 2. The molecule has 0 fully saturated rings. The lowest BCUT2D eigenvalue weighted by molar-refractivity contribution is 0.0950. The molecule has 26 heavy (non-hydrogen) atoms. The number of carbonyl (C=O) groups excluding carboxylic acids is 1. The van der Waals surface area contributed by atoms with Gasteiger partial charge in [0.15, 0.2) is 11.6 Å². The Morgan fingerprint density at radius 2 is 1.69 bits per heavy atom. The minimum absolute atomic E-state index is 0.258. The lowest BCUT2D eigenvalue weighted by Gasteiger charge is -2.08. The van der Waals surface area contributed by atoms with Crippen LogP contribution in [-0.4, -0.2) is 10.9 Å². The fourth-order valence-electron chi connectivity index (χ4n) is 2.21. The summed E-state index contributed by atoms with van der Waals surface area (Å²) in [7, 11) is 0. The maximum absolute atomic E-state index is 13.2. The van der Waals surface area contributed by atoms with Gasteiger partial charge in [-0.2, -0.15) is 0 Å². The first kappa shape index (κ1) is 17.5. The number of hydrogen-bond acceptors (Lipinski definition) is 3. The molecule has 1 amide bonds. The Hall–Kier alpha value is -3.35. The average Bonchev–Trinajstić information content (AvgIpc) is 2.65. The Balaban J connectivity index is 1.60. The molecule has 0 spiro atoms. The number of benzene rings is 2. The molecule has 1 aromatic heterocycles. The van der Waals surface area contributed by atoms with Crippen LogP contribution in [0, 0.1) is 17.5 Å². The zero-order valence-corrected chi connectivity index (χ0v) is 13.5. The van der Waals surface area contributed by atoms with Crippen LogP contribution in [0.1, 0.15) is 15.9 Å². The Bertz CT molecular complexity index is 912. The number of carbonyl (C=O) groups is 1. The van der Waals surface area contributed by atoms with Crippen molar-refractivity contribution >= 4 is 17.4 Å². The van der Waals surface area contributed by atoms with Crippen LogP contribution in [0.4, 0.5) is 24.7 Å². The molecule has 0 atom stereocenters. The Kier molecular flexibility index (Phi) is 5.17. The molecule has 0 aliphatic carbocycles. The predicted octanol–water partition coefficient (Wildman–Crippen LogP) is 4.17. The van der Waals surface area contributed by atoms with E-state index in [0.717, 1.165) is 17.7 Å². The quantitative estimate of drug-likeness (QED) is 0.721. The highest BCUT2D eigenvalue weighted by molar-refractivity contribution is 5.94. The minimum Gasteiger partial charge on any atom is -0.348 e. The largest absolute Gasteiger partial charge is 0.348 e. The summed E-state index contributed by atoms with van der Waals surface area (Å²) in [5.41, 5.74) is 1.44. The molecular formula is C19H14F3N3O. The molecule has 7 heteroatoms. The van der Waals surface area contributed by atoms with Crippen molar-refractivity contribution in [1.82, 2.24) is 10.3 Å². The molecule has 0 aliphatic rings. The molecule has 0 saturated heterocycles. The van der Waals surface area contributed by atoms with Crippen molar-refractivity contribution in [3.8, 4) is 0 Å². The molecule has 0 bridgehead atoms. The maximum atomic E-state index is 13.2. The van der Waals surface area contributed by atoms with Crippen molar-refractivity contribution in [1.29, 1.82) is 0 Å². The number of nitrogens with one attached hydrogen (secondary N) is 2. The fraction of sp³-hybridized carbons (Fsp3) is 0.0526. The van der Waals surface area contributed by atoms with Gasteiger partial charge >= 0.3 is 0 Å². The van der Waals surface area contributed by atoms with Gasteiger partial charge in [-0.05, 0) is 42.0 Å². The standard InChI is InChI=1S/C19H14F3N3O/c20-14-4-1-12(2-5-14)10-24-19(26)13-3-8-18(23-11-13)25-15-6-7-16(21)17(22)9-15/h1-9,11H,10H2,(H,23,25)(H,24,26). The molecule has 3 aromatic rings. The van der Waals surface area contributed by atoms with Gasteiger partial charge < -0.3 is 10.6 Å². The summed E-state index contributed by atoms with van der Waals surface area (Å²) in [6.45, 7) is 0.258. The van der Waals surface area contributed by atoms with Gasteiger partial charge in [-0.25, -0.2) is 18.2 Å². The van der Waals surface area contributed by atoms with E-state index in [1.54, 1.807) is 24.3 Å². The molecule has 4 nitrogen and oxygen atoms in total. The van der Waals surface area contributed by atoms with E-state index in [4.69, 9.17) is 0 Å². The van der Waals surface area contributed by atoms with Crippen molar-refractivity contribution in [3.63, 3.8) is 0 Å². The third-order valence-electron chi connectivity index (χ3n) is 3.58. The van der Waals surface area contributed by atoms with Gasteiger partial charge in [0.1, 0.15) is 11.6 Å². The van der Waals surface area contributed by atoms with E-state index in [2.05, 4.69) is 15.6 Å². The predicted molar refractivity (Wildman–Crippen MR) is 91.4 cm³/mol. The number of rotatable bonds is 5. The fourth-order valence-corrected chi connectivity index (χ4v) is 2.21. The highest BCUT2D eigenvalue weighted by Crippen LogP contribution is 2.17. The van der Waals surface area contributed by atoms with E-state index in [-0.39, 0.29) is 18.3 Å². The van der Waals surface area contributed by atoms with E-state index in [1.165, 1.54) is 24.4 Å². The lowest BCUT2D eigenvalue weighted by atomic mass is 10.2. The van der Waals surface area contributed by atoms with Crippen LogP contribution in [0.2, 0.25) is 0 Å². The maximum Gasteiger partial charge on any atom is 0.253 e. The lowest BCUT2D eigenvalue weighted by Crippen LogP contribution is -2.22. The molecule has 0 aliphatic heterocycles. The van der Waals surface area contributed by atoms with E-state index in [0.29, 0.717) is 17.1 Å². The molecule has 0 unspecified atom stereocenters. The van der Waals surface area contributed by atoms with Crippen LogP contribution >= 0.6 is 0 Å². The summed E-state index contributed by atoms with van der Waals surface area (Å²) >= 11 is 0. The normalized spacial score (nSPS) is 10.4. The third kappa shape index (κ3) is 4.38. The van der Waals surface area contributed by atoms with Crippen molar-refractivity contribution < 1.29 is 18.0 Å². The van der Waals surface area contributed by atoms with Crippen LogP contribution in [0.5, 0.6) is 0 Å². The second kappa shape index (κ2) is 7.69. The first-order valence-corrected chi connectivity index (χ1v) is 7.72. The van der Waals surface area contributed by atoms with Crippen molar-refractivity contribution in [2.45, 2.75) is 6.54 Å². The van der Waals surface area contributed by atoms with E-state index in [9.17, 15) is 18.0 Å². The summed E-state index contributed by atoms with van der Waals surface area (Å²) in [4.78, 5) is 16.2.